The van der Waals surface area contributed by atoms with Crippen LogP contribution in [0.25, 0.3) is 10.9 Å². The molecule has 0 unspecified atom stereocenters. The predicted molar refractivity (Wildman–Crippen MR) is 141 cm³/mol. The summed E-state index contributed by atoms with van der Waals surface area (Å²) < 4.78 is 1.90. The number of piperazine rings is 1. The molecule has 2 aliphatic rings. The summed E-state index contributed by atoms with van der Waals surface area (Å²) in [6, 6.07) is 11.4. The van der Waals surface area contributed by atoms with Crippen LogP contribution in [0, 0.1) is 17.2 Å². The van der Waals surface area contributed by atoms with Crippen LogP contribution in [0.5, 0.6) is 0 Å². The number of hydrogen-bond donors (Lipinski definition) is 2. The Morgan fingerprint density at radius 2 is 1.78 bits per heavy atom. The number of carbonyl (C=O) groups excluding carboxylic acids is 2. The van der Waals surface area contributed by atoms with Crippen molar-refractivity contribution >= 4 is 22.7 Å². The lowest BCUT2D eigenvalue weighted by molar-refractivity contribution is -0.127. The Hall–Kier alpha value is -2.89. The lowest BCUT2D eigenvalue weighted by Gasteiger charge is -2.35. The summed E-state index contributed by atoms with van der Waals surface area (Å²) in [6.07, 6.45) is 5.23. The molecule has 8 nitrogen and oxygen atoms in total. The van der Waals surface area contributed by atoms with E-state index in [2.05, 4.69) is 33.4 Å². The molecule has 0 bridgehead atoms. The van der Waals surface area contributed by atoms with E-state index in [0.29, 0.717) is 12.1 Å². The van der Waals surface area contributed by atoms with Crippen molar-refractivity contribution in [2.24, 2.45) is 13.0 Å². The van der Waals surface area contributed by atoms with Gasteiger partial charge in [0.25, 0.3) is 5.91 Å². The smallest absolute Gasteiger partial charge is 0.268 e. The maximum absolute atomic E-state index is 13.2. The molecular formula is C28H40N6O2. The van der Waals surface area contributed by atoms with Gasteiger partial charge >= 0.3 is 0 Å². The average Bonchev–Trinajstić information content (AvgIpc) is 3.24. The van der Waals surface area contributed by atoms with Crippen molar-refractivity contribution < 1.29 is 9.59 Å². The van der Waals surface area contributed by atoms with Crippen LogP contribution in [0.15, 0.2) is 30.3 Å². The molecule has 194 valence electrons. The van der Waals surface area contributed by atoms with Gasteiger partial charge in [0.05, 0.1) is 12.0 Å². The standard InChI is InChI=1S/C28H40N6O2/c1-3-13-33-15-17-34(18-16-33)14-12-22(20-29)30-27(35)23-9-5-6-10-24(23)31-28(36)26-19-21-8-4-7-11-25(21)32(26)2/h4,7-8,11,19,22-24H,3,5-6,9-10,12-18H2,1-2H3,(H,30,35)(H,31,36)/t22-,23+,24-/m0/s1. The van der Waals surface area contributed by atoms with Crippen molar-refractivity contribution in [3.05, 3.63) is 36.0 Å². The van der Waals surface area contributed by atoms with E-state index in [9.17, 15) is 14.9 Å². The van der Waals surface area contributed by atoms with Gasteiger partial charge in [-0.2, -0.15) is 5.26 Å². The topological polar surface area (TPSA) is 93.4 Å². The first kappa shape index (κ1) is 26.2. The van der Waals surface area contributed by atoms with Gasteiger partial charge in [0, 0.05) is 56.7 Å². The van der Waals surface area contributed by atoms with Gasteiger partial charge in [-0.05, 0) is 44.4 Å². The van der Waals surface area contributed by atoms with Gasteiger partial charge in [-0.15, -0.1) is 0 Å². The van der Waals surface area contributed by atoms with E-state index in [0.717, 1.165) is 75.9 Å². The fraction of sp³-hybridized carbons (Fsp3) is 0.607. The summed E-state index contributed by atoms with van der Waals surface area (Å²) in [6.45, 7) is 8.32. The zero-order chi connectivity index (χ0) is 25.5. The molecule has 1 saturated heterocycles. The van der Waals surface area contributed by atoms with E-state index < -0.39 is 6.04 Å². The van der Waals surface area contributed by atoms with Crippen molar-refractivity contribution in [1.29, 1.82) is 5.26 Å². The summed E-state index contributed by atoms with van der Waals surface area (Å²) in [5.41, 5.74) is 1.60. The highest BCUT2D eigenvalue weighted by atomic mass is 16.2. The lowest BCUT2D eigenvalue weighted by Crippen LogP contribution is -2.51. The second kappa shape index (κ2) is 12.4. The summed E-state index contributed by atoms with van der Waals surface area (Å²) >= 11 is 0. The molecule has 3 atom stereocenters. The monoisotopic (exact) mass is 492 g/mol. The first-order valence-electron chi connectivity index (χ1n) is 13.5. The fourth-order valence-electron chi connectivity index (χ4n) is 5.68. The molecule has 2 fully saturated rings. The summed E-state index contributed by atoms with van der Waals surface area (Å²) in [7, 11) is 1.89. The fourth-order valence-corrected chi connectivity index (χ4v) is 5.68. The van der Waals surface area contributed by atoms with Gasteiger partial charge in [0.15, 0.2) is 0 Å². The minimum atomic E-state index is -0.511. The van der Waals surface area contributed by atoms with E-state index in [1.54, 1.807) is 0 Å². The van der Waals surface area contributed by atoms with Crippen molar-refractivity contribution in [2.45, 2.75) is 57.5 Å². The maximum Gasteiger partial charge on any atom is 0.268 e. The van der Waals surface area contributed by atoms with E-state index in [-0.39, 0.29) is 23.8 Å². The largest absolute Gasteiger partial charge is 0.347 e. The average molecular weight is 493 g/mol. The minimum Gasteiger partial charge on any atom is -0.347 e. The highest BCUT2D eigenvalue weighted by Gasteiger charge is 2.33. The Balaban J connectivity index is 1.32. The molecule has 2 heterocycles. The number of rotatable bonds is 9. The molecule has 0 radical (unpaired) electrons. The third kappa shape index (κ3) is 6.26. The summed E-state index contributed by atoms with van der Waals surface area (Å²) in [5.74, 6) is -0.584. The Bertz CT molecular complexity index is 1080. The number of aromatic nitrogens is 1. The Morgan fingerprint density at radius 3 is 2.47 bits per heavy atom. The Morgan fingerprint density at radius 1 is 1.08 bits per heavy atom. The number of carbonyl (C=O) groups is 2. The van der Waals surface area contributed by atoms with Gasteiger partial charge in [0.1, 0.15) is 11.7 Å². The highest BCUT2D eigenvalue weighted by Crippen LogP contribution is 2.26. The van der Waals surface area contributed by atoms with Crippen molar-refractivity contribution in [3.8, 4) is 6.07 Å². The molecule has 0 spiro atoms. The minimum absolute atomic E-state index is 0.114. The molecule has 36 heavy (non-hydrogen) atoms. The first-order valence-corrected chi connectivity index (χ1v) is 13.5. The van der Waals surface area contributed by atoms with Crippen LogP contribution in [-0.2, 0) is 11.8 Å². The van der Waals surface area contributed by atoms with Gasteiger partial charge in [-0.1, -0.05) is 38.0 Å². The normalized spacial score (nSPS) is 22.1. The molecule has 2 aromatic rings. The van der Waals surface area contributed by atoms with Crippen LogP contribution in [-0.4, -0.2) is 77.5 Å². The van der Waals surface area contributed by atoms with Crippen LogP contribution in [0.1, 0.15) is 55.9 Å². The zero-order valence-electron chi connectivity index (χ0n) is 21.7. The molecule has 2 amide bonds. The number of hydrogen-bond acceptors (Lipinski definition) is 5. The molecule has 1 aliphatic heterocycles. The second-order valence-corrected chi connectivity index (χ2v) is 10.3. The number of para-hydroxylation sites is 1. The zero-order valence-corrected chi connectivity index (χ0v) is 21.7. The Kier molecular flexibility index (Phi) is 9.00. The summed E-state index contributed by atoms with van der Waals surface area (Å²) in [5, 5.41) is 16.9. The molecule has 1 aromatic heterocycles. The maximum atomic E-state index is 13.2. The van der Waals surface area contributed by atoms with Gasteiger partial charge in [-0.3, -0.25) is 9.59 Å². The second-order valence-electron chi connectivity index (χ2n) is 10.3. The molecule has 1 aliphatic carbocycles. The molecule has 8 heteroatoms. The highest BCUT2D eigenvalue weighted by molar-refractivity contribution is 5.99. The van der Waals surface area contributed by atoms with Gasteiger partial charge < -0.3 is 25.0 Å². The van der Waals surface area contributed by atoms with E-state index in [1.807, 2.05) is 41.9 Å². The number of fused-ring (bicyclic) bond motifs is 1. The number of benzene rings is 1. The van der Waals surface area contributed by atoms with Crippen molar-refractivity contribution in [1.82, 2.24) is 25.0 Å². The van der Waals surface area contributed by atoms with Crippen molar-refractivity contribution in [3.63, 3.8) is 0 Å². The lowest BCUT2D eigenvalue weighted by atomic mass is 9.83. The quantitative estimate of drug-likeness (QED) is 0.562. The van der Waals surface area contributed by atoms with E-state index in [1.165, 1.54) is 6.42 Å². The molecule has 4 rings (SSSR count). The number of nitrogens with one attached hydrogen (secondary N) is 2. The number of amides is 2. The SMILES string of the molecule is CCCN1CCN(CC[C@@H](C#N)NC(=O)[C@@H]2CCCC[C@@H]2NC(=O)c2cc3ccccc3n2C)CC1. The van der Waals surface area contributed by atoms with Crippen LogP contribution in [0.3, 0.4) is 0 Å². The third-order valence-corrected chi connectivity index (χ3v) is 7.81. The van der Waals surface area contributed by atoms with Crippen LogP contribution < -0.4 is 10.6 Å². The van der Waals surface area contributed by atoms with Crippen LogP contribution in [0.4, 0.5) is 0 Å². The van der Waals surface area contributed by atoms with Gasteiger partial charge in [0.2, 0.25) is 5.91 Å². The molecular weight excluding hydrogens is 452 g/mol. The van der Waals surface area contributed by atoms with Gasteiger partial charge in [-0.25, -0.2) is 0 Å². The van der Waals surface area contributed by atoms with Crippen LogP contribution in [0.2, 0.25) is 0 Å². The third-order valence-electron chi connectivity index (χ3n) is 7.81. The van der Waals surface area contributed by atoms with E-state index >= 15 is 0 Å². The summed E-state index contributed by atoms with van der Waals surface area (Å²) in [4.78, 5) is 31.3. The number of aryl methyl sites for hydroxylation is 1. The van der Waals surface area contributed by atoms with E-state index in [4.69, 9.17) is 0 Å². The predicted octanol–water partition coefficient (Wildman–Crippen LogP) is 2.89. The van der Waals surface area contributed by atoms with Crippen molar-refractivity contribution in [2.75, 3.05) is 39.3 Å². The first-order chi connectivity index (χ1) is 17.5. The van der Waals surface area contributed by atoms with Crippen LogP contribution >= 0.6 is 0 Å². The Labute approximate surface area is 214 Å². The number of nitriles is 1. The molecule has 1 aromatic carbocycles. The molecule has 1 saturated carbocycles. The molecule has 2 N–H and O–H groups in total. The number of nitrogens with zero attached hydrogens (tertiary/aromatic N) is 4.